The van der Waals surface area contributed by atoms with E-state index >= 15 is 0 Å². The molecule has 0 saturated carbocycles. The third-order valence-corrected chi connectivity index (χ3v) is 3.48. The molecular weight excluding hydrogens is 256 g/mol. The monoisotopic (exact) mass is 274 g/mol. The van der Waals surface area contributed by atoms with Crippen LogP contribution in [0.15, 0.2) is 42.5 Å². The highest BCUT2D eigenvalue weighted by Crippen LogP contribution is 2.31. The van der Waals surface area contributed by atoms with Crippen molar-refractivity contribution in [3.63, 3.8) is 0 Å². The molecule has 0 aliphatic carbocycles. The van der Waals surface area contributed by atoms with E-state index in [-0.39, 0.29) is 0 Å². The van der Waals surface area contributed by atoms with Crippen molar-refractivity contribution in [2.45, 2.75) is 0 Å². The summed E-state index contributed by atoms with van der Waals surface area (Å²) in [5, 5.41) is 0.781. The molecule has 0 fully saturated rings. The van der Waals surface area contributed by atoms with Crippen LogP contribution in [0.5, 0.6) is 0 Å². The van der Waals surface area contributed by atoms with Crippen molar-refractivity contribution in [1.82, 2.24) is 0 Å². The maximum Gasteiger partial charge on any atom is 0.0504 e. The number of halogens is 1. The summed E-state index contributed by atoms with van der Waals surface area (Å²) < 4.78 is 0. The predicted octanol–water partition coefficient (Wildman–Crippen LogP) is 4.14. The van der Waals surface area contributed by atoms with Gasteiger partial charge in [-0.2, -0.15) is 0 Å². The van der Waals surface area contributed by atoms with Gasteiger partial charge in [0.1, 0.15) is 0 Å². The molecule has 100 valence electrons. The minimum atomic E-state index is 0.781. The topological polar surface area (TPSA) is 6.48 Å². The Morgan fingerprint density at radius 3 is 1.74 bits per heavy atom. The van der Waals surface area contributed by atoms with Crippen LogP contribution in [0, 0.1) is 0 Å². The Bertz CT molecular complexity index is 559. The molecule has 0 aromatic heterocycles. The fraction of sp³-hybridized carbons (Fsp3) is 0.250. The Morgan fingerprint density at radius 2 is 1.26 bits per heavy atom. The van der Waals surface area contributed by atoms with Gasteiger partial charge >= 0.3 is 0 Å². The molecule has 0 heterocycles. The Balaban J connectivity index is 2.36. The summed E-state index contributed by atoms with van der Waals surface area (Å²) in [6, 6.07) is 14.6. The second-order valence-electron chi connectivity index (χ2n) is 5.00. The quantitative estimate of drug-likeness (QED) is 0.830. The van der Waals surface area contributed by atoms with Gasteiger partial charge in [0.05, 0.1) is 5.02 Å². The van der Waals surface area contributed by atoms with Crippen LogP contribution in [-0.4, -0.2) is 28.2 Å². The summed E-state index contributed by atoms with van der Waals surface area (Å²) in [6.07, 6.45) is 0. The summed E-state index contributed by atoms with van der Waals surface area (Å²) in [7, 11) is 8.09. The van der Waals surface area contributed by atoms with Crippen molar-refractivity contribution in [1.29, 1.82) is 0 Å². The van der Waals surface area contributed by atoms with Gasteiger partial charge in [-0.05, 0) is 29.8 Å². The molecule has 0 N–H and O–H groups in total. The number of anilines is 2. The highest BCUT2D eigenvalue weighted by Gasteiger charge is 2.06. The van der Waals surface area contributed by atoms with Gasteiger partial charge in [-0.3, -0.25) is 0 Å². The van der Waals surface area contributed by atoms with Gasteiger partial charge in [0.15, 0.2) is 0 Å². The van der Waals surface area contributed by atoms with Crippen molar-refractivity contribution < 1.29 is 0 Å². The van der Waals surface area contributed by atoms with E-state index in [1.54, 1.807) is 0 Å². The van der Waals surface area contributed by atoms with Crippen molar-refractivity contribution >= 4 is 23.0 Å². The zero-order valence-corrected chi connectivity index (χ0v) is 12.6. The number of nitrogens with zero attached hydrogens (tertiary/aromatic N) is 2. The summed E-state index contributed by atoms with van der Waals surface area (Å²) in [5.41, 5.74) is 4.50. The van der Waals surface area contributed by atoms with Crippen molar-refractivity contribution in [2.75, 3.05) is 38.0 Å². The van der Waals surface area contributed by atoms with Crippen molar-refractivity contribution in [3.8, 4) is 11.1 Å². The van der Waals surface area contributed by atoms with E-state index in [4.69, 9.17) is 11.6 Å². The average Bonchev–Trinajstić information content (AvgIpc) is 2.38. The van der Waals surface area contributed by atoms with E-state index in [2.05, 4.69) is 41.3 Å². The van der Waals surface area contributed by atoms with Gasteiger partial charge < -0.3 is 9.80 Å². The first-order valence-corrected chi connectivity index (χ1v) is 6.61. The minimum Gasteiger partial charge on any atom is -0.378 e. The fourth-order valence-corrected chi connectivity index (χ4v) is 2.24. The first kappa shape index (κ1) is 13.8. The van der Waals surface area contributed by atoms with Crippen LogP contribution < -0.4 is 9.80 Å². The lowest BCUT2D eigenvalue weighted by Gasteiger charge is -2.15. The second-order valence-corrected chi connectivity index (χ2v) is 5.41. The second kappa shape index (κ2) is 5.54. The number of benzene rings is 2. The zero-order chi connectivity index (χ0) is 14.0. The molecule has 0 bridgehead atoms. The van der Waals surface area contributed by atoms with Crippen LogP contribution in [0.25, 0.3) is 11.1 Å². The van der Waals surface area contributed by atoms with E-state index in [0.717, 1.165) is 21.8 Å². The summed E-state index contributed by atoms with van der Waals surface area (Å²) in [5.74, 6) is 0. The zero-order valence-electron chi connectivity index (χ0n) is 11.8. The molecule has 0 saturated heterocycles. The van der Waals surface area contributed by atoms with E-state index in [1.807, 2.05) is 39.2 Å². The highest BCUT2D eigenvalue weighted by molar-refractivity contribution is 6.33. The largest absolute Gasteiger partial charge is 0.378 e. The standard InChI is InChI=1S/C16H19ClN2/c1-18(2)13-7-5-12(6-8-13)15-10-9-14(19(3)4)11-16(15)17/h5-11H,1-4H3. The molecule has 0 atom stereocenters. The first-order valence-electron chi connectivity index (χ1n) is 6.23. The lowest BCUT2D eigenvalue weighted by molar-refractivity contribution is 1.13. The number of hydrogen-bond donors (Lipinski definition) is 0. The third kappa shape index (κ3) is 3.02. The number of hydrogen-bond acceptors (Lipinski definition) is 2. The summed E-state index contributed by atoms with van der Waals surface area (Å²) in [6.45, 7) is 0. The molecule has 0 aliphatic heterocycles. The lowest BCUT2D eigenvalue weighted by Crippen LogP contribution is -2.08. The molecule has 3 heteroatoms. The van der Waals surface area contributed by atoms with Gasteiger partial charge in [0.2, 0.25) is 0 Å². The molecule has 19 heavy (non-hydrogen) atoms. The molecule has 0 spiro atoms. The van der Waals surface area contributed by atoms with Crippen LogP contribution in [-0.2, 0) is 0 Å². The van der Waals surface area contributed by atoms with E-state index in [0.29, 0.717) is 0 Å². The van der Waals surface area contributed by atoms with Gasteiger partial charge in [-0.1, -0.05) is 29.8 Å². The van der Waals surface area contributed by atoms with Crippen molar-refractivity contribution in [3.05, 3.63) is 47.5 Å². The van der Waals surface area contributed by atoms with E-state index in [1.165, 1.54) is 5.69 Å². The van der Waals surface area contributed by atoms with Crippen LogP contribution in [0.2, 0.25) is 5.02 Å². The van der Waals surface area contributed by atoms with Crippen molar-refractivity contribution in [2.24, 2.45) is 0 Å². The predicted molar refractivity (Wildman–Crippen MR) is 85.5 cm³/mol. The minimum absolute atomic E-state index is 0.781. The third-order valence-electron chi connectivity index (χ3n) is 3.16. The van der Waals surface area contributed by atoms with Crippen LogP contribution in [0.1, 0.15) is 0 Å². The van der Waals surface area contributed by atoms with Crippen LogP contribution in [0.3, 0.4) is 0 Å². The first-order chi connectivity index (χ1) is 8.99. The van der Waals surface area contributed by atoms with Gasteiger partial charge in [0.25, 0.3) is 0 Å². The van der Waals surface area contributed by atoms with E-state index < -0.39 is 0 Å². The highest BCUT2D eigenvalue weighted by atomic mass is 35.5. The van der Waals surface area contributed by atoms with Gasteiger partial charge in [-0.25, -0.2) is 0 Å². The Hall–Kier alpha value is -1.67. The Kier molecular flexibility index (Phi) is 4.01. The smallest absolute Gasteiger partial charge is 0.0504 e. The van der Waals surface area contributed by atoms with Crippen LogP contribution >= 0.6 is 11.6 Å². The molecular formula is C16H19ClN2. The normalized spacial score (nSPS) is 10.4. The molecule has 2 aromatic carbocycles. The molecule has 2 nitrogen and oxygen atoms in total. The lowest BCUT2D eigenvalue weighted by atomic mass is 10.0. The molecule has 0 aliphatic rings. The summed E-state index contributed by atoms with van der Waals surface area (Å²) in [4.78, 5) is 4.13. The van der Waals surface area contributed by atoms with Gasteiger partial charge in [0, 0.05) is 45.1 Å². The Morgan fingerprint density at radius 1 is 0.737 bits per heavy atom. The van der Waals surface area contributed by atoms with E-state index in [9.17, 15) is 0 Å². The Labute approximate surface area is 120 Å². The molecule has 0 radical (unpaired) electrons. The molecule has 2 rings (SSSR count). The number of rotatable bonds is 3. The van der Waals surface area contributed by atoms with Crippen LogP contribution in [0.4, 0.5) is 11.4 Å². The maximum atomic E-state index is 6.37. The molecule has 0 amide bonds. The summed E-state index contributed by atoms with van der Waals surface area (Å²) >= 11 is 6.37. The average molecular weight is 275 g/mol. The fourth-order valence-electron chi connectivity index (χ4n) is 1.96. The molecule has 0 unspecified atom stereocenters. The van der Waals surface area contributed by atoms with Gasteiger partial charge in [-0.15, -0.1) is 0 Å². The SMILES string of the molecule is CN(C)c1ccc(-c2ccc(N(C)C)cc2Cl)cc1. The maximum absolute atomic E-state index is 6.37. The molecule has 2 aromatic rings.